The molecule has 114 valence electrons. The molecule has 1 heterocycles. The van der Waals surface area contributed by atoms with Crippen molar-refractivity contribution in [2.75, 3.05) is 6.54 Å². The third kappa shape index (κ3) is 3.72. The Bertz CT molecular complexity index is 627. The van der Waals surface area contributed by atoms with E-state index in [0.717, 1.165) is 6.20 Å². The highest BCUT2D eigenvalue weighted by atomic mass is 35.5. The lowest BCUT2D eigenvalue weighted by Crippen LogP contribution is -2.22. The fraction of sp³-hybridized carbons (Fsp3) is 0.308. The van der Waals surface area contributed by atoms with E-state index in [1.165, 1.54) is 18.2 Å². The van der Waals surface area contributed by atoms with Crippen molar-refractivity contribution in [3.05, 3.63) is 50.7 Å². The number of aromatic nitrogens is 1. The first-order valence-corrected chi connectivity index (χ1v) is 7.23. The molecule has 21 heavy (non-hydrogen) atoms. The van der Waals surface area contributed by atoms with Gasteiger partial charge in [0, 0.05) is 21.7 Å². The maximum absolute atomic E-state index is 13.9. The van der Waals surface area contributed by atoms with Crippen LogP contribution in [-0.4, -0.2) is 11.5 Å². The highest BCUT2D eigenvalue weighted by Gasteiger charge is 2.35. The molecule has 1 aromatic carbocycles. The van der Waals surface area contributed by atoms with Crippen molar-refractivity contribution >= 4 is 22.9 Å². The molecular formula is C13H11ClF4N2S. The van der Waals surface area contributed by atoms with E-state index in [2.05, 4.69) is 10.3 Å². The second-order valence-corrected chi connectivity index (χ2v) is 5.72. The van der Waals surface area contributed by atoms with Gasteiger partial charge in [0.05, 0.1) is 6.04 Å². The van der Waals surface area contributed by atoms with E-state index in [1.807, 2.05) is 0 Å². The zero-order chi connectivity index (χ0) is 15.6. The van der Waals surface area contributed by atoms with Crippen LogP contribution in [-0.2, 0) is 6.18 Å². The fourth-order valence-electron chi connectivity index (χ4n) is 1.85. The van der Waals surface area contributed by atoms with Gasteiger partial charge in [0.15, 0.2) is 5.01 Å². The van der Waals surface area contributed by atoms with E-state index in [-0.39, 0.29) is 10.4 Å². The van der Waals surface area contributed by atoms with Gasteiger partial charge >= 0.3 is 6.18 Å². The van der Waals surface area contributed by atoms with Crippen molar-refractivity contribution in [1.82, 2.24) is 10.3 Å². The van der Waals surface area contributed by atoms with E-state index < -0.39 is 23.0 Å². The predicted octanol–water partition coefficient (Wildman–Crippen LogP) is 4.65. The summed E-state index contributed by atoms with van der Waals surface area (Å²) in [5.41, 5.74) is 0.196. The molecule has 8 heteroatoms. The number of nitrogens with one attached hydrogen (secondary N) is 1. The van der Waals surface area contributed by atoms with Crippen molar-refractivity contribution < 1.29 is 17.6 Å². The first kappa shape index (κ1) is 16.2. The van der Waals surface area contributed by atoms with Gasteiger partial charge in [-0.3, -0.25) is 0 Å². The van der Waals surface area contributed by atoms with E-state index >= 15 is 0 Å². The number of rotatable bonds is 4. The number of hydrogen-bond donors (Lipinski definition) is 1. The minimum Gasteiger partial charge on any atom is -0.306 e. The van der Waals surface area contributed by atoms with Gasteiger partial charge in [-0.05, 0) is 24.7 Å². The number of hydrogen-bond acceptors (Lipinski definition) is 3. The summed E-state index contributed by atoms with van der Waals surface area (Å²) in [6.07, 6.45) is -3.40. The zero-order valence-corrected chi connectivity index (χ0v) is 12.4. The van der Waals surface area contributed by atoms with Crippen LogP contribution in [0, 0.1) is 5.82 Å². The molecule has 2 aromatic rings. The molecule has 1 unspecified atom stereocenters. The SMILES string of the molecule is CCNC(c1cnc(C(F)(F)F)s1)c1cc(Cl)ccc1F. The molecule has 1 N–H and O–H groups in total. The van der Waals surface area contributed by atoms with E-state index in [9.17, 15) is 17.6 Å². The van der Waals surface area contributed by atoms with Crippen LogP contribution in [0.15, 0.2) is 24.4 Å². The summed E-state index contributed by atoms with van der Waals surface area (Å²) < 4.78 is 51.8. The Morgan fingerprint density at radius 2 is 2.10 bits per heavy atom. The molecule has 0 aliphatic heterocycles. The van der Waals surface area contributed by atoms with Crippen LogP contribution in [0.4, 0.5) is 17.6 Å². The van der Waals surface area contributed by atoms with Gasteiger partial charge in [-0.2, -0.15) is 13.2 Å². The Balaban J connectivity index is 2.44. The van der Waals surface area contributed by atoms with Gasteiger partial charge in [-0.25, -0.2) is 9.37 Å². The monoisotopic (exact) mass is 338 g/mol. The molecule has 1 aromatic heterocycles. The number of alkyl halides is 3. The molecule has 0 radical (unpaired) electrons. The quantitative estimate of drug-likeness (QED) is 0.821. The van der Waals surface area contributed by atoms with Crippen molar-refractivity contribution in [2.45, 2.75) is 19.1 Å². The average molecular weight is 339 g/mol. The highest BCUT2D eigenvalue weighted by Crippen LogP contribution is 2.36. The largest absolute Gasteiger partial charge is 0.443 e. The van der Waals surface area contributed by atoms with Gasteiger partial charge in [0.1, 0.15) is 5.82 Å². The molecule has 0 aliphatic carbocycles. The molecule has 0 aliphatic rings. The van der Waals surface area contributed by atoms with E-state index in [0.29, 0.717) is 22.9 Å². The maximum atomic E-state index is 13.9. The van der Waals surface area contributed by atoms with Crippen molar-refractivity contribution in [3.8, 4) is 0 Å². The minimum absolute atomic E-state index is 0.196. The summed E-state index contributed by atoms with van der Waals surface area (Å²) in [6, 6.07) is 3.25. The summed E-state index contributed by atoms with van der Waals surface area (Å²) in [5, 5.41) is 2.31. The Morgan fingerprint density at radius 1 is 1.38 bits per heavy atom. The zero-order valence-electron chi connectivity index (χ0n) is 10.8. The third-order valence-electron chi connectivity index (χ3n) is 2.73. The summed E-state index contributed by atoms with van der Waals surface area (Å²) in [7, 11) is 0. The van der Waals surface area contributed by atoms with Gasteiger partial charge in [0.2, 0.25) is 0 Å². The van der Waals surface area contributed by atoms with E-state index in [1.54, 1.807) is 6.92 Å². The van der Waals surface area contributed by atoms with Gasteiger partial charge in [-0.1, -0.05) is 18.5 Å². The molecule has 1 atom stereocenters. The molecule has 2 nitrogen and oxygen atoms in total. The topological polar surface area (TPSA) is 24.9 Å². The maximum Gasteiger partial charge on any atom is 0.443 e. The first-order chi connectivity index (χ1) is 9.82. The molecular weight excluding hydrogens is 328 g/mol. The number of thiazole rings is 1. The van der Waals surface area contributed by atoms with Gasteiger partial charge < -0.3 is 5.32 Å². The van der Waals surface area contributed by atoms with Crippen LogP contribution in [0.2, 0.25) is 5.02 Å². The normalized spacial score (nSPS) is 13.4. The number of benzene rings is 1. The van der Waals surface area contributed by atoms with Crippen LogP contribution < -0.4 is 5.32 Å². The van der Waals surface area contributed by atoms with Crippen LogP contribution in [0.3, 0.4) is 0 Å². The fourth-order valence-corrected chi connectivity index (χ4v) is 2.91. The lowest BCUT2D eigenvalue weighted by atomic mass is 10.1. The molecule has 0 fully saturated rings. The molecule has 0 saturated heterocycles. The molecule has 0 amide bonds. The molecule has 2 rings (SSSR count). The lowest BCUT2D eigenvalue weighted by Gasteiger charge is -2.17. The Morgan fingerprint density at radius 3 is 2.67 bits per heavy atom. The number of nitrogens with zero attached hydrogens (tertiary/aromatic N) is 1. The smallest absolute Gasteiger partial charge is 0.306 e. The molecule has 0 saturated carbocycles. The first-order valence-electron chi connectivity index (χ1n) is 6.04. The Labute approximate surface area is 127 Å². The Hall–Kier alpha value is -1.18. The summed E-state index contributed by atoms with van der Waals surface area (Å²) in [5.74, 6) is -0.535. The number of halogens is 5. The highest BCUT2D eigenvalue weighted by molar-refractivity contribution is 7.11. The van der Waals surface area contributed by atoms with Crippen LogP contribution in [0.1, 0.15) is 28.4 Å². The lowest BCUT2D eigenvalue weighted by molar-refractivity contribution is -0.137. The second-order valence-electron chi connectivity index (χ2n) is 4.22. The summed E-state index contributed by atoms with van der Waals surface area (Å²) in [4.78, 5) is 3.65. The van der Waals surface area contributed by atoms with Gasteiger partial charge in [-0.15, -0.1) is 11.3 Å². The van der Waals surface area contributed by atoms with Crippen LogP contribution >= 0.6 is 22.9 Å². The summed E-state index contributed by atoms with van der Waals surface area (Å²) >= 11 is 6.33. The predicted molar refractivity (Wildman–Crippen MR) is 74.0 cm³/mol. The standard InChI is InChI=1S/C13H11ClF4N2S/c1-2-19-11(8-5-7(14)3-4-9(8)15)10-6-20-12(21-10)13(16,17)18/h3-6,11,19H,2H2,1H3. The van der Waals surface area contributed by atoms with Gasteiger partial charge in [0.25, 0.3) is 0 Å². The van der Waals surface area contributed by atoms with Crippen LogP contribution in [0.25, 0.3) is 0 Å². The molecule has 0 spiro atoms. The second kappa shape index (κ2) is 6.29. The van der Waals surface area contributed by atoms with E-state index in [4.69, 9.17) is 11.6 Å². The summed E-state index contributed by atoms with van der Waals surface area (Å²) in [6.45, 7) is 2.23. The van der Waals surface area contributed by atoms with Crippen molar-refractivity contribution in [3.63, 3.8) is 0 Å². The average Bonchev–Trinajstić information content (AvgIpc) is 2.88. The van der Waals surface area contributed by atoms with Crippen molar-refractivity contribution in [2.24, 2.45) is 0 Å². The Kier molecular flexibility index (Phi) is 4.85. The minimum atomic E-state index is -4.51. The molecule has 0 bridgehead atoms. The third-order valence-corrected chi connectivity index (χ3v) is 4.07. The van der Waals surface area contributed by atoms with Crippen LogP contribution in [0.5, 0.6) is 0 Å². The van der Waals surface area contributed by atoms with Crippen molar-refractivity contribution in [1.29, 1.82) is 0 Å².